The molecule has 0 aromatic heterocycles. The summed E-state index contributed by atoms with van der Waals surface area (Å²) in [5, 5.41) is 0. The van der Waals surface area contributed by atoms with Crippen LogP contribution in [0, 0.1) is 11.6 Å². The minimum absolute atomic E-state index is 0.227. The predicted octanol–water partition coefficient (Wildman–Crippen LogP) is 2.34. The molecule has 1 N–H and O–H groups in total. The van der Waals surface area contributed by atoms with Gasteiger partial charge in [0.1, 0.15) is 11.6 Å². The summed E-state index contributed by atoms with van der Waals surface area (Å²) in [5.41, 5.74) is -0.958. The molecule has 0 fully saturated rings. The zero-order valence-electron chi connectivity index (χ0n) is 13.6. The summed E-state index contributed by atoms with van der Waals surface area (Å²) in [5.74, 6) is -3.79. The van der Waals surface area contributed by atoms with Gasteiger partial charge in [0, 0.05) is 6.07 Å². The molecule has 0 atom stereocenters. The van der Waals surface area contributed by atoms with Crippen LogP contribution in [0.1, 0.15) is 20.7 Å². The van der Waals surface area contributed by atoms with E-state index >= 15 is 0 Å². The number of anilines is 1. The second kappa shape index (κ2) is 7.48. The summed E-state index contributed by atoms with van der Waals surface area (Å²) in [4.78, 5) is 22.9. The van der Waals surface area contributed by atoms with Crippen molar-refractivity contribution >= 4 is 27.6 Å². The molecule has 0 aliphatic carbocycles. The Labute approximate surface area is 147 Å². The molecule has 0 radical (unpaired) electrons. The predicted molar refractivity (Wildman–Crippen MR) is 86.3 cm³/mol. The van der Waals surface area contributed by atoms with E-state index in [2.05, 4.69) is 9.47 Å². The van der Waals surface area contributed by atoms with Crippen LogP contribution < -0.4 is 4.72 Å². The molecule has 0 aliphatic heterocycles. The zero-order valence-corrected chi connectivity index (χ0v) is 14.4. The molecule has 138 valence electrons. The molecular weight excluding hydrogens is 372 g/mol. The van der Waals surface area contributed by atoms with Crippen LogP contribution in [0.15, 0.2) is 41.3 Å². The van der Waals surface area contributed by atoms with Crippen LogP contribution in [0.5, 0.6) is 0 Å². The quantitative estimate of drug-likeness (QED) is 0.794. The van der Waals surface area contributed by atoms with Crippen LogP contribution in [-0.2, 0) is 19.5 Å². The number of benzene rings is 2. The van der Waals surface area contributed by atoms with E-state index in [1.807, 2.05) is 4.72 Å². The Morgan fingerprint density at radius 3 is 1.92 bits per heavy atom. The maximum Gasteiger partial charge on any atom is 0.337 e. The number of halogens is 2. The van der Waals surface area contributed by atoms with Crippen LogP contribution in [0.3, 0.4) is 0 Å². The Morgan fingerprint density at radius 2 is 1.46 bits per heavy atom. The van der Waals surface area contributed by atoms with E-state index in [0.29, 0.717) is 6.07 Å². The minimum Gasteiger partial charge on any atom is -0.465 e. The first kappa shape index (κ1) is 19.3. The molecule has 7 nitrogen and oxygen atoms in total. The third kappa shape index (κ3) is 4.14. The Kier molecular flexibility index (Phi) is 5.56. The number of carbonyl (C=O) groups is 2. The fourth-order valence-corrected chi connectivity index (χ4v) is 3.14. The molecule has 0 aliphatic rings. The lowest BCUT2D eigenvalue weighted by molar-refractivity contribution is 0.0598. The Morgan fingerprint density at radius 1 is 0.923 bits per heavy atom. The van der Waals surface area contributed by atoms with E-state index in [-0.39, 0.29) is 11.1 Å². The summed E-state index contributed by atoms with van der Waals surface area (Å²) in [6.45, 7) is 0. The summed E-state index contributed by atoms with van der Waals surface area (Å²) in [7, 11) is -2.25. The number of ether oxygens (including phenoxy) is 2. The van der Waals surface area contributed by atoms with Crippen molar-refractivity contribution in [3.8, 4) is 0 Å². The fraction of sp³-hybridized carbons (Fsp3) is 0.125. The number of sulfonamides is 1. The lowest BCUT2D eigenvalue weighted by Gasteiger charge is -2.11. The summed E-state index contributed by atoms with van der Waals surface area (Å²) in [6.07, 6.45) is 0. The molecule has 0 unspecified atom stereocenters. The number of esters is 2. The first-order chi connectivity index (χ1) is 12.2. The fourth-order valence-electron chi connectivity index (χ4n) is 2.00. The lowest BCUT2D eigenvalue weighted by Crippen LogP contribution is -2.16. The molecule has 0 bridgehead atoms. The standard InChI is InChI=1S/C16H13F2NO6S/c1-24-15(20)9-5-10(16(21)25-2)7-12(6-9)26(22,23)19-14-4-3-11(17)8-13(14)18/h3-8,19H,1-2H3. The summed E-state index contributed by atoms with van der Waals surface area (Å²) < 4.78 is 62.6. The molecule has 0 saturated heterocycles. The molecule has 0 spiro atoms. The van der Waals surface area contributed by atoms with Crippen LogP contribution in [0.2, 0.25) is 0 Å². The first-order valence-electron chi connectivity index (χ1n) is 6.97. The third-order valence-electron chi connectivity index (χ3n) is 3.23. The van der Waals surface area contributed by atoms with Crippen molar-refractivity contribution in [3.63, 3.8) is 0 Å². The molecule has 26 heavy (non-hydrogen) atoms. The van der Waals surface area contributed by atoms with E-state index < -0.39 is 44.2 Å². The smallest absolute Gasteiger partial charge is 0.337 e. The van der Waals surface area contributed by atoms with Crippen molar-refractivity contribution in [3.05, 3.63) is 59.2 Å². The van der Waals surface area contributed by atoms with Crippen molar-refractivity contribution in [2.24, 2.45) is 0 Å². The molecule has 2 rings (SSSR count). The second-order valence-electron chi connectivity index (χ2n) is 4.96. The minimum atomic E-state index is -4.41. The van der Waals surface area contributed by atoms with Gasteiger partial charge in [-0.25, -0.2) is 26.8 Å². The Bertz CT molecular complexity index is 940. The average molecular weight is 385 g/mol. The number of hydrogen-bond acceptors (Lipinski definition) is 6. The maximum atomic E-state index is 13.7. The highest BCUT2D eigenvalue weighted by Crippen LogP contribution is 2.22. The van der Waals surface area contributed by atoms with Crippen LogP contribution >= 0.6 is 0 Å². The van der Waals surface area contributed by atoms with Gasteiger partial charge in [0.25, 0.3) is 10.0 Å². The van der Waals surface area contributed by atoms with Crippen molar-refractivity contribution in [2.45, 2.75) is 4.90 Å². The normalized spacial score (nSPS) is 10.9. The maximum absolute atomic E-state index is 13.7. The molecular formula is C16H13F2NO6S. The van der Waals surface area contributed by atoms with Crippen molar-refractivity contribution in [2.75, 3.05) is 18.9 Å². The molecule has 0 saturated carbocycles. The first-order valence-corrected chi connectivity index (χ1v) is 8.46. The summed E-state index contributed by atoms with van der Waals surface area (Å²) >= 11 is 0. The Balaban J connectivity index is 2.53. The van der Waals surface area contributed by atoms with Crippen LogP contribution in [0.4, 0.5) is 14.5 Å². The van der Waals surface area contributed by atoms with Gasteiger partial charge in [-0.3, -0.25) is 4.72 Å². The highest BCUT2D eigenvalue weighted by molar-refractivity contribution is 7.92. The number of rotatable bonds is 5. The lowest BCUT2D eigenvalue weighted by atomic mass is 10.1. The number of hydrogen-bond donors (Lipinski definition) is 1. The van der Waals surface area contributed by atoms with Crippen molar-refractivity contribution in [1.82, 2.24) is 0 Å². The van der Waals surface area contributed by atoms with Gasteiger partial charge in [-0.1, -0.05) is 0 Å². The van der Waals surface area contributed by atoms with Crippen molar-refractivity contribution < 1.29 is 36.3 Å². The molecule has 10 heteroatoms. The van der Waals surface area contributed by atoms with E-state index in [1.165, 1.54) is 0 Å². The van der Waals surface area contributed by atoms with E-state index in [4.69, 9.17) is 0 Å². The van der Waals surface area contributed by atoms with Gasteiger partial charge in [0.15, 0.2) is 0 Å². The van der Waals surface area contributed by atoms with Gasteiger partial charge in [-0.15, -0.1) is 0 Å². The van der Waals surface area contributed by atoms with Gasteiger partial charge in [0.2, 0.25) is 0 Å². The van der Waals surface area contributed by atoms with Crippen LogP contribution in [-0.4, -0.2) is 34.6 Å². The summed E-state index contributed by atoms with van der Waals surface area (Å²) in [6, 6.07) is 5.25. The monoisotopic (exact) mass is 385 g/mol. The van der Waals surface area contributed by atoms with Gasteiger partial charge < -0.3 is 9.47 Å². The largest absolute Gasteiger partial charge is 0.465 e. The van der Waals surface area contributed by atoms with Gasteiger partial charge >= 0.3 is 11.9 Å². The topological polar surface area (TPSA) is 98.8 Å². The van der Waals surface area contributed by atoms with Gasteiger partial charge in [-0.2, -0.15) is 0 Å². The molecule has 0 amide bonds. The second-order valence-corrected chi connectivity index (χ2v) is 6.64. The van der Waals surface area contributed by atoms with Crippen LogP contribution in [0.25, 0.3) is 0 Å². The molecule has 0 heterocycles. The van der Waals surface area contributed by atoms with Crippen molar-refractivity contribution in [1.29, 1.82) is 0 Å². The number of methoxy groups -OCH3 is 2. The Hall–Kier alpha value is -3.01. The van der Waals surface area contributed by atoms with E-state index in [9.17, 15) is 26.8 Å². The van der Waals surface area contributed by atoms with E-state index in [1.54, 1.807) is 0 Å². The van der Waals surface area contributed by atoms with Gasteiger partial charge in [0.05, 0.1) is 35.9 Å². The number of carbonyl (C=O) groups excluding carboxylic acids is 2. The highest BCUT2D eigenvalue weighted by Gasteiger charge is 2.22. The number of nitrogens with one attached hydrogen (secondary N) is 1. The van der Waals surface area contributed by atoms with Gasteiger partial charge in [-0.05, 0) is 30.3 Å². The molecule has 2 aromatic carbocycles. The van der Waals surface area contributed by atoms with E-state index in [0.717, 1.165) is 44.6 Å². The molecule has 2 aromatic rings. The highest BCUT2D eigenvalue weighted by atomic mass is 32.2. The average Bonchev–Trinajstić information content (AvgIpc) is 2.62. The zero-order chi connectivity index (χ0) is 19.5. The third-order valence-corrected chi connectivity index (χ3v) is 4.58. The SMILES string of the molecule is COC(=O)c1cc(C(=O)OC)cc(S(=O)(=O)Nc2ccc(F)cc2F)c1.